The maximum Gasteiger partial charge on any atom is 0.291 e. The van der Waals surface area contributed by atoms with Crippen LogP contribution in [0.15, 0.2) is 35.7 Å². The molecule has 6 nitrogen and oxygen atoms in total. The number of rotatable bonds is 3. The molecule has 0 atom stereocenters. The van der Waals surface area contributed by atoms with Gasteiger partial charge in [-0.15, -0.1) is 0 Å². The molecule has 110 valence electrons. The van der Waals surface area contributed by atoms with E-state index in [0.29, 0.717) is 11.4 Å². The molecule has 6 heteroatoms. The predicted octanol–water partition coefficient (Wildman–Crippen LogP) is 2.26. The molecule has 2 aromatic heterocycles. The molecule has 0 aliphatic carbocycles. The number of nitrogens with zero attached hydrogens (tertiary/aromatic N) is 3. The minimum absolute atomic E-state index is 0.0829. The van der Waals surface area contributed by atoms with Gasteiger partial charge in [0.25, 0.3) is 5.91 Å². The first-order chi connectivity index (χ1) is 9.88. The molecule has 2 rings (SSSR count). The van der Waals surface area contributed by atoms with Crippen LogP contribution in [0.1, 0.15) is 49.4 Å². The lowest BCUT2D eigenvalue weighted by atomic mass is 9.92. The van der Waals surface area contributed by atoms with Gasteiger partial charge in [0.1, 0.15) is 0 Å². The van der Waals surface area contributed by atoms with Gasteiger partial charge in [-0.2, -0.15) is 10.2 Å². The average molecular weight is 285 g/mol. The van der Waals surface area contributed by atoms with E-state index in [1.807, 2.05) is 39.8 Å². The molecule has 21 heavy (non-hydrogen) atoms. The van der Waals surface area contributed by atoms with E-state index in [2.05, 4.69) is 25.7 Å². The summed E-state index contributed by atoms with van der Waals surface area (Å²) in [7, 11) is 0. The number of nitrogens with one attached hydrogen (secondary N) is 2. The van der Waals surface area contributed by atoms with Gasteiger partial charge in [-0.25, -0.2) is 5.43 Å². The summed E-state index contributed by atoms with van der Waals surface area (Å²) in [5.74, 6) is -0.343. The summed E-state index contributed by atoms with van der Waals surface area (Å²) in [4.78, 5) is 16.0. The molecule has 2 heterocycles. The molecule has 0 aromatic carbocycles. The van der Waals surface area contributed by atoms with Crippen LogP contribution >= 0.6 is 0 Å². The van der Waals surface area contributed by atoms with E-state index >= 15 is 0 Å². The highest BCUT2D eigenvalue weighted by Crippen LogP contribution is 2.20. The van der Waals surface area contributed by atoms with Crippen molar-refractivity contribution in [2.75, 3.05) is 0 Å². The van der Waals surface area contributed by atoms with Crippen molar-refractivity contribution in [2.24, 2.45) is 5.10 Å². The van der Waals surface area contributed by atoms with E-state index < -0.39 is 0 Å². The minimum atomic E-state index is -0.343. The van der Waals surface area contributed by atoms with Crippen molar-refractivity contribution in [3.63, 3.8) is 0 Å². The third-order valence-corrected chi connectivity index (χ3v) is 3.02. The molecule has 0 saturated heterocycles. The van der Waals surface area contributed by atoms with Crippen LogP contribution in [0.4, 0.5) is 0 Å². The number of hydrogen-bond acceptors (Lipinski definition) is 4. The van der Waals surface area contributed by atoms with Crippen molar-refractivity contribution in [3.05, 3.63) is 47.5 Å². The number of carbonyl (C=O) groups is 1. The second-order valence-electron chi connectivity index (χ2n) is 5.80. The molecular weight excluding hydrogens is 266 g/mol. The van der Waals surface area contributed by atoms with E-state index in [1.165, 1.54) is 0 Å². The van der Waals surface area contributed by atoms with Gasteiger partial charge in [-0.1, -0.05) is 26.8 Å². The van der Waals surface area contributed by atoms with Crippen molar-refractivity contribution in [1.29, 1.82) is 0 Å². The fourth-order valence-electron chi connectivity index (χ4n) is 1.66. The first kappa shape index (κ1) is 14.9. The summed E-state index contributed by atoms with van der Waals surface area (Å²) in [5, 5.41) is 11.0. The van der Waals surface area contributed by atoms with Crippen LogP contribution < -0.4 is 5.43 Å². The van der Waals surface area contributed by atoms with Crippen LogP contribution in [0, 0.1) is 0 Å². The van der Waals surface area contributed by atoms with Crippen LogP contribution in [0.25, 0.3) is 0 Å². The molecular formula is C15H19N5O. The zero-order chi connectivity index (χ0) is 15.5. The van der Waals surface area contributed by atoms with Crippen LogP contribution in [-0.2, 0) is 5.41 Å². The summed E-state index contributed by atoms with van der Waals surface area (Å²) < 4.78 is 0. The van der Waals surface area contributed by atoms with Gasteiger partial charge < -0.3 is 0 Å². The highest BCUT2D eigenvalue weighted by molar-refractivity contribution is 6.00. The van der Waals surface area contributed by atoms with Gasteiger partial charge in [0.05, 0.1) is 5.71 Å². The van der Waals surface area contributed by atoms with E-state index in [1.54, 1.807) is 18.5 Å². The summed E-state index contributed by atoms with van der Waals surface area (Å²) >= 11 is 0. The predicted molar refractivity (Wildman–Crippen MR) is 81.2 cm³/mol. The third-order valence-electron chi connectivity index (χ3n) is 3.02. The van der Waals surface area contributed by atoms with Crippen LogP contribution in [-0.4, -0.2) is 26.8 Å². The smallest absolute Gasteiger partial charge is 0.281 e. The minimum Gasteiger partial charge on any atom is -0.281 e. The number of aromatic amines is 1. The molecule has 0 saturated carbocycles. The second-order valence-corrected chi connectivity index (χ2v) is 5.80. The Morgan fingerprint density at radius 2 is 2.14 bits per heavy atom. The normalized spacial score (nSPS) is 12.3. The fourth-order valence-corrected chi connectivity index (χ4v) is 1.66. The molecule has 0 radical (unpaired) electrons. The SMILES string of the molecule is CC(=NNC(=O)c1cc(C(C)(C)C)[nH]n1)c1cccnc1. The molecule has 0 unspecified atom stereocenters. The lowest BCUT2D eigenvalue weighted by Crippen LogP contribution is -2.19. The molecule has 0 spiro atoms. The Morgan fingerprint density at radius 3 is 2.71 bits per heavy atom. The van der Waals surface area contributed by atoms with E-state index in [-0.39, 0.29) is 11.3 Å². The second kappa shape index (κ2) is 5.87. The lowest BCUT2D eigenvalue weighted by molar-refractivity contribution is 0.0950. The Balaban J connectivity index is 2.07. The summed E-state index contributed by atoms with van der Waals surface area (Å²) in [6.07, 6.45) is 3.38. The zero-order valence-electron chi connectivity index (χ0n) is 12.6. The molecule has 0 fully saturated rings. The van der Waals surface area contributed by atoms with Crippen molar-refractivity contribution in [1.82, 2.24) is 20.6 Å². The highest BCUT2D eigenvalue weighted by atomic mass is 16.2. The largest absolute Gasteiger partial charge is 0.291 e. The molecule has 2 aromatic rings. The number of aromatic nitrogens is 3. The number of amides is 1. The summed E-state index contributed by atoms with van der Waals surface area (Å²) in [5.41, 5.74) is 5.18. The molecule has 0 bridgehead atoms. The zero-order valence-corrected chi connectivity index (χ0v) is 12.6. The maximum absolute atomic E-state index is 12.0. The van der Waals surface area contributed by atoms with Gasteiger partial charge in [0.15, 0.2) is 5.69 Å². The topological polar surface area (TPSA) is 83.0 Å². The van der Waals surface area contributed by atoms with Gasteiger partial charge in [0, 0.05) is 29.1 Å². The fraction of sp³-hybridized carbons (Fsp3) is 0.333. The first-order valence-corrected chi connectivity index (χ1v) is 6.69. The number of hydrazone groups is 1. The Morgan fingerprint density at radius 1 is 1.38 bits per heavy atom. The van der Waals surface area contributed by atoms with Crippen molar-refractivity contribution in [2.45, 2.75) is 33.1 Å². The Hall–Kier alpha value is -2.50. The van der Waals surface area contributed by atoms with Gasteiger partial charge >= 0.3 is 0 Å². The third kappa shape index (κ3) is 3.75. The molecule has 2 N–H and O–H groups in total. The Kier molecular flexibility index (Phi) is 4.16. The van der Waals surface area contributed by atoms with Crippen LogP contribution in [0.3, 0.4) is 0 Å². The van der Waals surface area contributed by atoms with Crippen LogP contribution in [0.2, 0.25) is 0 Å². The van der Waals surface area contributed by atoms with Crippen LogP contribution in [0.5, 0.6) is 0 Å². The maximum atomic E-state index is 12.0. The Bertz CT molecular complexity index is 652. The van der Waals surface area contributed by atoms with Gasteiger partial charge in [-0.05, 0) is 19.1 Å². The van der Waals surface area contributed by atoms with Crippen molar-refractivity contribution in [3.8, 4) is 0 Å². The quantitative estimate of drug-likeness (QED) is 0.670. The molecule has 1 amide bonds. The Labute approximate surface area is 123 Å². The average Bonchev–Trinajstić information content (AvgIpc) is 2.95. The van der Waals surface area contributed by atoms with E-state index in [0.717, 1.165) is 11.3 Å². The summed E-state index contributed by atoms with van der Waals surface area (Å²) in [6, 6.07) is 5.44. The molecule has 0 aliphatic rings. The van der Waals surface area contributed by atoms with E-state index in [9.17, 15) is 4.79 Å². The van der Waals surface area contributed by atoms with Crippen molar-refractivity contribution >= 4 is 11.6 Å². The number of pyridine rings is 1. The van der Waals surface area contributed by atoms with Crippen molar-refractivity contribution < 1.29 is 4.79 Å². The highest BCUT2D eigenvalue weighted by Gasteiger charge is 2.19. The first-order valence-electron chi connectivity index (χ1n) is 6.69. The molecule has 0 aliphatic heterocycles. The van der Waals surface area contributed by atoms with Gasteiger partial charge in [-0.3, -0.25) is 14.9 Å². The number of carbonyl (C=O) groups excluding carboxylic acids is 1. The van der Waals surface area contributed by atoms with Gasteiger partial charge in [0.2, 0.25) is 0 Å². The number of H-pyrrole nitrogens is 1. The standard InChI is InChI=1S/C15H19N5O/c1-10(11-6-5-7-16-9-11)17-20-14(21)12-8-13(19-18-12)15(2,3)4/h5-9H,1-4H3,(H,18,19)(H,20,21). The number of hydrogen-bond donors (Lipinski definition) is 2. The summed E-state index contributed by atoms with van der Waals surface area (Å²) in [6.45, 7) is 7.95. The van der Waals surface area contributed by atoms with E-state index in [4.69, 9.17) is 0 Å². The monoisotopic (exact) mass is 285 g/mol. The lowest BCUT2D eigenvalue weighted by Gasteiger charge is -2.14.